The summed E-state index contributed by atoms with van der Waals surface area (Å²) < 4.78 is 5.22. The molecule has 0 bridgehead atoms. The number of halogens is 1. The number of aliphatic hydroxyl groups is 1. The summed E-state index contributed by atoms with van der Waals surface area (Å²) in [6, 6.07) is 11.7. The minimum Gasteiger partial charge on any atom is -0.495 e. The van der Waals surface area contributed by atoms with Crippen LogP contribution in [-0.4, -0.2) is 18.1 Å². The minimum atomic E-state index is -0.623. The molecule has 5 heteroatoms. The fourth-order valence-electron chi connectivity index (χ4n) is 1.88. The molecule has 1 atom stereocenters. The van der Waals surface area contributed by atoms with E-state index in [-0.39, 0.29) is 5.91 Å². The fraction of sp³-hybridized carbons (Fsp3) is 0.188. The molecule has 0 aliphatic heterocycles. The van der Waals surface area contributed by atoms with E-state index in [1.54, 1.807) is 49.4 Å². The van der Waals surface area contributed by atoms with Crippen molar-refractivity contribution in [1.82, 2.24) is 0 Å². The maximum atomic E-state index is 12.2. The number of amides is 1. The average molecular weight is 306 g/mol. The summed E-state index contributed by atoms with van der Waals surface area (Å²) in [6.07, 6.45) is -0.623. The van der Waals surface area contributed by atoms with Crippen molar-refractivity contribution in [3.05, 3.63) is 58.6 Å². The van der Waals surface area contributed by atoms with Crippen LogP contribution in [-0.2, 0) is 0 Å². The third-order valence-electron chi connectivity index (χ3n) is 3.06. The number of anilines is 1. The number of methoxy groups -OCH3 is 1. The maximum absolute atomic E-state index is 12.2. The van der Waals surface area contributed by atoms with Gasteiger partial charge in [0.1, 0.15) is 5.75 Å². The Balaban J connectivity index is 2.27. The average Bonchev–Trinajstić information content (AvgIpc) is 2.47. The van der Waals surface area contributed by atoms with Gasteiger partial charge in [-0.15, -0.1) is 0 Å². The van der Waals surface area contributed by atoms with Crippen LogP contribution in [0.1, 0.15) is 28.9 Å². The van der Waals surface area contributed by atoms with Crippen LogP contribution < -0.4 is 10.1 Å². The van der Waals surface area contributed by atoms with Gasteiger partial charge < -0.3 is 15.2 Å². The molecule has 0 spiro atoms. The number of hydrogen-bond acceptors (Lipinski definition) is 3. The van der Waals surface area contributed by atoms with E-state index in [4.69, 9.17) is 16.3 Å². The summed E-state index contributed by atoms with van der Waals surface area (Å²) in [5, 5.41) is 13.0. The van der Waals surface area contributed by atoms with Crippen molar-refractivity contribution < 1.29 is 14.6 Å². The molecule has 2 N–H and O–H groups in total. The van der Waals surface area contributed by atoms with Crippen molar-refractivity contribution in [3.8, 4) is 5.75 Å². The third kappa shape index (κ3) is 3.74. The van der Waals surface area contributed by atoms with E-state index in [9.17, 15) is 9.90 Å². The summed E-state index contributed by atoms with van der Waals surface area (Å²) in [5.41, 5.74) is 1.70. The van der Waals surface area contributed by atoms with E-state index in [2.05, 4.69) is 5.32 Å². The summed E-state index contributed by atoms with van der Waals surface area (Å²) in [4.78, 5) is 12.2. The normalized spacial score (nSPS) is 11.8. The Morgan fingerprint density at radius 2 is 1.90 bits per heavy atom. The molecule has 2 rings (SSSR count). The van der Waals surface area contributed by atoms with E-state index in [1.165, 1.54) is 7.11 Å². The van der Waals surface area contributed by atoms with Gasteiger partial charge in [-0.2, -0.15) is 0 Å². The van der Waals surface area contributed by atoms with Crippen LogP contribution in [0.3, 0.4) is 0 Å². The minimum absolute atomic E-state index is 0.271. The lowest BCUT2D eigenvalue weighted by Crippen LogP contribution is -2.13. The molecule has 110 valence electrons. The zero-order valence-electron chi connectivity index (χ0n) is 11.8. The number of carbonyl (C=O) groups excluding carboxylic acids is 1. The first-order chi connectivity index (χ1) is 10.0. The van der Waals surface area contributed by atoms with Crippen molar-refractivity contribution in [2.24, 2.45) is 0 Å². The monoisotopic (exact) mass is 305 g/mol. The molecule has 0 radical (unpaired) electrons. The molecule has 2 aromatic rings. The molecular weight excluding hydrogens is 290 g/mol. The van der Waals surface area contributed by atoms with E-state index in [0.29, 0.717) is 27.6 Å². The second-order valence-corrected chi connectivity index (χ2v) is 5.03. The second-order valence-electron chi connectivity index (χ2n) is 4.60. The van der Waals surface area contributed by atoms with Crippen LogP contribution in [0.5, 0.6) is 5.75 Å². The topological polar surface area (TPSA) is 58.6 Å². The largest absolute Gasteiger partial charge is 0.495 e. The van der Waals surface area contributed by atoms with Crippen LogP contribution >= 0.6 is 11.6 Å². The van der Waals surface area contributed by atoms with Crippen molar-refractivity contribution in [1.29, 1.82) is 0 Å². The predicted molar refractivity (Wildman–Crippen MR) is 83.0 cm³/mol. The maximum Gasteiger partial charge on any atom is 0.255 e. The molecule has 0 heterocycles. The number of ether oxygens (including phenoxy) is 1. The lowest BCUT2D eigenvalue weighted by Gasteiger charge is -2.13. The highest BCUT2D eigenvalue weighted by molar-refractivity contribution is 6.30. The smallest absolute Gasteiger partial charge is 0.255 e. The van der Waals surface area contributed by atoms with Crippen molar-refractivity contribution in [3.63, 3.8) is 0 Å². The number of aliphatic hydroxyl groups excluding tert-OH is 1. The number of carbonyl (C=O) groups is 1. The third-order valence-corrected chi connectivity index (χ3v) is 3.31. The number of hydrogen-bond donors (Lipinski definition) is 2. The molecule has 0 unspecified atom stereocenters. The second kappa shape index (κ2) is 6.61. The number of benzene rings is 2. The molecular formula is C16H16ClNO3. The molecule has 0 aliphatic carbocycles. The molecule has 0 aliphatic rings. The van der Waals surface area contributed by atoms with Gasteiger partial charge in [-0.05, 0) is 48.9 Å². The van der Waals surface area contributed by atoms with Crippen LogP contribution in [0.4, 0.5) is 5.69 Å². The predicted octanol–water partition coefficient (Wildman–Crippen LogP) is 3.65. The van der Waals surface area contributed by atoms with E-state index in [0.717, 1.165) is 0 Å². The van der Waals surface area contributed by atoms with Gasteiger partial charge in [-0.3, -0.25) is 4.79 Å². The van der Waals surface area contributed by atoms with Gasteiger partial charge in [-0.25, -0.2) is 0 Å². The van der Waals surface area contributed by atoms with Crippen molar-refractivity contribution in [2.75, 3.05) is 12.4 Å². The molecule has 0 aromatic heterocycles. The Labute approximate surface area is 128 Å². The van der Waals surface area contributed by atoms with Crippen LogP contribution in [0, 0.1) is 0 Å². The fourth-order valence-corrected chi connectivity index (χ4v) is 2.00. The number of nitrogens with one attached hydrogen (secondary N) is 1. The van der Waals surface area contributed by atoms with Gasteiger partial charge in [0.05, 0.1) is 18.9 Å². The van der Waals surface area contributed by atoms with E-state index < -0.39 is 6.10 Å². The van der Waals surface area contributed by atoms with Gasteiger partial charge in [0.15, 0.2) is 0 Å². The van der Waals surface area contributed by atoms with Gasteiger partial charge in [0.2, 0.25) is 0 Å². The first-order valence-corrected chi connectivity index (χ1v) is 6.82. The van der Waals surface area contributed by atoms with Crippen LogP contribution in [0.15, 0.2) is 42.5 Å². The summed E-state index contributed by atoms with van der Waals surface area (Å²) in [6.45, 7) is 1.66. The molecule has 0 saturated carbocycles. The zero-order chi connectivity index (χ0) is 15.4. The highest BCUT2D eigenvalue weighted by Gasteiger charge is 2.12. The Bertz CT molecular complexity index is 638. The molecule has 0 saturated heterocycles. The Hall–Kier alpha value is -2.04. The number of rotatable bonds is 4. The van der Waals surface area contributed by atoms with Gasteiger partial charge >= 0.3 is 0 Å². The van der Waals surface area contributed by atoms with Crippen LogP contribution in [0.25, 0.3) is 0 Å². The highest BCUT2D eigenvalue weighted by Crippen LogP contribution is 2.28. The lowest BCUT2D eigenvalue weighted by atomic mass is 10.1. The van der Waals surface area contributed by atoms with E-state index in [1.807, 2.05) is 0 Å². The molecule has 2 aromatic carbocycles. The van der Waals surface area contributed by atoms with E-state index >= 15 is 0 Å². The summed E-state index contributed by atoms with van der Waals surface area (Å²) >= 11 is 5.80. The first-order valence-electron chi connectivity index (χ1n) is 6.44. The summed E-state index contributed by atoms with van der Waals surface area (Å²) in [5.74, 6) is 0.259. The summed E-state index contributed by atoms with van der Waals surface area (Å²) in [7, 11) is 1.52. The molecule has 1 amide bonds. The lowest BCUT2D eigenvalue weighted by molar-refractivity contribution is 0.102. The standard InChI is InChI=1S/C16H16ClNO3/c1-10(19)12-5-8-15(21-2)14(9-12)18-16(20)11-3-6-13(17)7-4-11/h3-10,19H,1-2H3,(H,18,20)/t10-/m1/s1. The highest BCUT2D eigenvalue weighted by atomic mass is 35.5. The Morgan fingerprint density at radius 1 is 1.24 bits per heavy atom. The zero-order valence-corrected chi connectivity index (χ0v) is 12.5. The first kappa shape index (κ1) is 15.4. The Kier molecular flexibility index (Phi) is 4.83. The molecule has 4 nitrogen and oxygen atoms in total. The SMILES string of the molecule is COc1ccc([C@@H](C)O)cc1NC(=O)c1ccc(Cl)cc1. The molecule has 21 heavy (non-hydrogen) atoms. The van der Waals surface area contributed by atoms with Gasteiger partial charge in [-0.1, -0.05) is 17.7 Å². The van der Waals surface area contributed by atoms with Crippen molar-refractivity contribution in [2.45, 2.75) is 13.0 Å². The van der Waals surface area contributed by atoms with Gasteiger partial charge in [0, 0.05) is 10.6 Å². The Morgan fingerprint density at radius 3 is 2.48 bits per heavy atom. The van der Waals surface area contributed by atoms with Gasteiger partial charge in [0.25, 0.3) is 5.91 Å². The molecule has 0 fully saturated rings. The quantitative estimate of drug-likeness (QED) is 0.906. The van der Waals surface area contributed by atoms with Crippen LogP contribution in [0.2, 0.25) is 5.02 Å². The van der Waals surface area contributed by atoms with Crippen molar-refractivity contribution >= 4 is 23.2 Å².